The van der Waals surface area contributed by atoms with Gasteiger partial charge in [0.15, 0.2) is 6.29 Å². The molecule has 0 radical (unpaired) electrons. The van der Waals surface area contributed by atoms with Crippen molar-refractivity contribution >= 4 is 10.0 Å². The fourth-order valence-corrected chi connectivity index (χ4v) is 2.70. The molecule has 0 heterocycles. The first-order chi connectivity index (χ1) is 10.2. The summed E-state index contributed by atoms with van der Waals surface area (Å²) in [5, 5.41) is 0. The van der Waals surface area contributed by atoms with E-state index >= 15 is 0 Å². The number of ether oxygens (including phenoxy) is 2. The molecule has 1 N–H and O–H groups in total. The van der Waals surface area contributed by atoms with Crippen LogP contribution in [0.4, 0.5) is 13.2 Å². The lowest BCUT2D eigenvalue weighted by atomic mass is 10.2. The minimum atomic E-state index is -4.61. The van der Waals surface area contributed by atoms with Crippen molar-refractivity contribution in [3.05, 3.63) is 29.8 Å². The molecule has 0 aliphatic rings. The topological polar surface area (TPSA) is 64.6 Å². The molecule has 1 aromatic carbocycles. The van der Waals surface area contributed by atoms with Crippen LogP contribution < -0.4 is 4.72 Å². The third kappa shape index (κ3) is 5.56. The van der Waals surface area contributed by atoms with Crippen LogP contribution in [0.5, 0.6) is 0 Å². The van der Waals surface area contributed by atoms with Crippen LogP contribution in [-0.4, -0.2) is 34.5 Å². The Bertz CT molecular complexity index is 569. The van der Waals surface area contributed by atoms with Crippen LogP contribution in [0.2, 0.25) is 0 Å². The largest absolute Gasteiger partial charge is 0.416 e. The molecule has 0 saturated heterocycles. The van der Waals surface area contributed by atoms with Gasteiger partial charge in [-0.1, -0.05) is 6.07 Å². The molecular formula is C13H18F3NO4S. The third-order valence-electron chi connectivity index (χ3n) is 2.62. The molecular weight excluding hydrogens is 323 g/mol. The van der Waals surface area contributed by atoms with E-state index in [9.17, 15) is 21.6 Å². The maximum Gasteiger partial charge on any atom is 0.416 e. The van der Waals surface area contributed by atoms with Crippen molar-refractivity contribution in [1.82, 2.24) is 4.72 Å². The van der Waals surface area contributed by atoms with Gasteiger partial charge >= 0.3 is 6.18 Å². The first kappa shape index (κ1) is 18.9. The number of halogens is 3. The molecule has 5 nitrogen and oxygen atoms in total. The average molecular weight is 341 g/mol. The van der Waals surface area contributed by atoms with Gasteiger partial charge in [-0.3, -0.25) is 0 Å². The highest BCUT2D eigenvalue weighted by molar-refractivity contribution is 7.89. The first-order valence-corrected chi connectivity index (χ1v) is 8.09. The Morgan fingerprint density at radius 1 is 1.18 bits per heavy atom. The number of nitrogens with one attached hydrogen (secondary N) is 1. The Balaban J connectivity index is 2.86. The zero-order chi connectivity index (χ0) is 16.8. The van der Waals surface area contributed by atoms with Crippen LogP contribution in [0, 0.1) is 0 Å². The van der Waals surface area contributed by atoms with E-state index in [0.717, 1.165) is 18.2 Å². The summed E-state index contributed by atoms with van der Waals surface area (Å²) in [4.78, 5) is -0.464. The molecule has 0 fully saturated rings. The quantitative estimate of drug-likeness (QED) is 0.738. The fraction of sp³-hybridized carbons (Fsp3) is 0.538. The SMILES string of the molecule is CCOC(CNS(=O)(=O)c1cccc(C(F)(F)F)c1)OCC. The summed E-state index contributed by atoms with van der Waals surface area (Å²) in [6.07, 6.45) is -5.40. The van der Waals surface area contributed by atoms with Crippen molar-refractivity contribution in [2.75, 3.05) is 19.8 Å². The zero-order valence-electron chi connectivity index (χ0n) is 12.2. The second-order valence-corrected chi connectivity index (χ2v) is 5.98. The smallest absolute Gasteiger partial charge is 0.352 e. The van der Waals surface area contributed by atoms with E-state index in [1.54, 1.807) is 13.8 Å². The second-order valence-electron chi connectivity index (χ2n) is 4.22. The van der Waals surface area contributed by atoms with Crippen molar-refractivity contribution in [2.24, 2.45) is 0 Å². The Kier molecular flexibility index (Phi) is 6.79. The van der Waals surface area contributed by atoms with Crippen molar-refractivity contribution < 1.29 is 31.1 Å². The Hall–Kier alpha value is -1.16. The second kappa shape index (κ2) is 7.91. The molecule has 0 bridgehead atoms. The van der Waals surface area contributed by atoms with E-state index in [0.29, 0.717) is 19.3 Å². The Morgan fingerprint density at radius 3 is 2.27 bits per heavy atom. The van der Waals surface area contributed by atoms with Crippen molar-refractivity contribution in [3.8, 4) is 0 Å². The summed E-state index contributed by atoms with van der Waals surface area (Å²) >= 11 is 0. The molecule has 0 aromatic heterocycles. The molecule has 0 spiro atoms. The van der Waals surface area contributed by atoms with Crippen LogP contribution in [0.3, 0.4) is 0 Å². The summed E-state index contributed by atoms with van der Waals surface area (Å²) in [6.45, 7) is 3.87. The number of benzene rings is 1. The maximum absolute atomic E-state index is 12.6. The van der Waals surface area contributed by atoms with Gasteiger partial charge in [-0.25, -0.2) is 13.1 Å². The lowest BCUT2D eigenvalue weighted by Crippen LogP contribution is -2.35. The molecule has 0 atom stereocenters. The standard InChI is InChI=1S/C13H18F3NO4S/c1-3-20-12(21-4-2)9-17-22(18,19)11-7-5-6-10(8-11)13(14,15)16/h5-8,12,17H,3-4,9H2,1-2H3. The van der Waals surface area contributed by atoms with Crippen LogP contribution in [0.1, 0.15) is 19.4 Å². The zero-order valence-corrected chi connectivity index (χ0v) is 13.0. The summed E-state index contributed by atoms with van der Waals surface area (Å²) in [7, 11) is -4.08. The van der Waals surface area contributed by atoms with Gasteiger partial charge in [-0.15, -0.1) is 0 Å². The lowest BCUT2D eigenvalue weighted by molar-refractivity contribution is -0.137. The highest BCUT2D eigenvalue weighted by atomic mass is 32.2. The van der Waals surface area contributed by atoms with Gasteiger partial charge in [0.1, 0.15) is 0 Å². The highest BCUT2D eigenvalue weighted by Crippen LogP contribution is 2.30. The normalized spacial score (nSPS) is 12.8. The fourth-order valence-electron chi connectivity index (χ4n) is 1.64. The van der Waals surface area contributed by atoms with E-state index in [1.807, 2.05) is 0 Å². The Morgan fingerprint density at radius 2 is 1.77 bits per heavy atom. The molecule has 22 heavy (non-hydrogen) atoms. The van der Waals surface area contributed by atoms with Crippen LogP contribution in [0.15, 0.2) is 29.2 Å². The van der Waals surface area contributed by atoms with Crippen molar-refractivity contribution in [3.63, 3.8) is 0 Å². The molecule has 9 heteroatoms. The number of hydrogen-bond donors (Lipinski definition) is 1. The summed E-state index contributed by atoms with van der Waals surface area (Å²) < 4.78 is 74.4. The van der Waals surface area contributed by atoms with Crippen LogP contribution >= 0.6 is 0 Å². The van der Waals surface area contributed by atoms with Gasteiger partial charge in [0, 0.05) is 13.2 Å². The highest BCUT2D eigenvalue weighted by Gasteiger charge is 2.31. The average Bonchev–Trinajstić information content (AvgIpc) is 2.45. The molecule has 1 rings (SSSR count). The monoisotopic (exact) mass is 341 g/mol. The molecule has 0 aliphatic heterocycles. The van der Waals surface area contributed by atoms with Gasteiger partial charge < -0.3 is 9.47 Å². The Labute approximate surface area is 127 Å². The van der Waals surface area contributed by atoms with Gasteiger partial charge in [-0.05, 0) is 32.0 Å². The van der Waals surface area contributed by atoms with Crippen LogP contribution in [0.25, 0.3) is 0 Å². The predicted octanol–water partition coefficient (Wildman–Crippen LogP) is 2.38. The van der Waals surface area contributed by atoms with Crippen molar-refractivity contribution in [1.29, 1.82) is 0 Å². The number of sulfonamides is 1. The third-order valence-corrected chi connectivity index (χ3v) is 4.04. The minimum Gasteiger partial charge on any atom is -0.352 e. The van der Waals surface area contributed by atoms with E-state index in [2.05, 4.69) is 4.72 Å². The predicted molar refractivity (Wildman–Crippen MR) is 73.7 cm³/mol. The number of hydrogen-bond acceptors (Lipinski definition) is 4. The van der Waals surface area contributed by atoms with Gasteiger partial charge in [0.2, 0.25) is 10.0 Å². The maximum atomic E-state index is 12.6. The molecule has 126 valence electrons. The van der Waals surface area contributed by atoms with E-state index in [-0.39, 0.29) is 6.54 Å². The summed E-state index contributed by atoms with van der Waals surface area (Å²) in [6, 6.07) is 3.52. The summed E-state index contributed by atoms with van der Waals surface area (Å²) in [5.74, 6) is 0. The van der Waals surface area contributed by atoms with Gasteiger partial charge in [0.05, 0.1) is 17.0 Å². The van der Waals surface area contributed by atoms with Crippen LogP contribution in [-0.2, 0) is 25.7 Å². The summed E-state index contributed by atoms with van der Waals surface area (Å²) in [5.41, 5.74) is -1.03. The molecule has 0 saturated carbocycles. The molecule has 0 amide bonds. The van der Waals surface area contributed by atoms with Crippen molar-refractivity contribution in [2.45, 2.75) is 31.2 Å². The van der Waals surface area contributed by atoms with E-state index < -0.39 is 32.9 Å². The van der Waals surface area contributed by atoms with E-state index in [4.69, 9.17) is 9.47 Å². The lowest BCUT2D eigenvalue weighted by Gasteiger charge is -2.17. The minimum absolute atomic E-state index is 0.194. The molecule has 0 aliphatic carbocycles. The molecule has 0 unspecified atom stereocenters. The molecule has 1 aromatic rings. The number of alkyl halides is 3. The number of rotatable bonds is 8. The van der Waals surface area contributed by atoms with E-state index in [1.165, 1.54) is 0 Å². The first-order valence-electron chi connectivity index (χ1n) is 6.60. The van der Waals surface area contributed by atoms with Gasteiger partial charge in [-0.2, -0.15) is 13.2 Å². The van der Waals surface area contributed by atoms with Gasteiger partial charge in [0.25, 0.3) is 0 Å².